The quantitative estimate of drug-likeness (QED) is 0.490. The molecule has 1 aliphatic rings. The first-order valence-electron chi connectivity index (χ1n) is 10.3. The number of hydrogen-bond acceptors (Lipinski definition) is 7. The summed E-state index contributed by atoms with van der Waals surface area (Å²) in [6, 6.07) is 4.23. The van der Waals surface area contributed by atoms with Gasteiger partial charge in [-0.15, -0.1) is 0 Å². The number of anilines is 1. The Hall–Kier alpha value is -4.26. The lowest BCUT2D eigenvalue weighted by Crippen LogP contribution is -2.48. The molecule has 4 aromatic rings. The van der Waals surface area contributed by atoms with Gasteiger partial charge in [-0.1, -0.05) is 0 Å². The highest BCUT2D eigenvalue weighted by Crippen LogP contribution is 2.31. The van der Waals surface area contributed by atoms with Crippen LogP contribution in [0.1, 0.15) is 12.5 Å². The molecule has 0 aromatic carbocycles. The molecule has 1 amide bonds. The molecule has 10 heteroatoms. The molecule has 32 heavy (non-hydrogen) atoms. The molecule has 1 fully saturated rings. The van der Waals surface area contributed by atoms with Crippen molar-refractivity contribution in [2.45, 2.75) is 6.92 Å². The van der Waals surface area contributed by atoms with Crippen LogP contribution in [-0.2, 0) is 11.8 Å². The summed E-state index contributed by atoms with van der Waals surface area (Å²) in [6.07, 6.45) is 10.7. The van der Waals surface area contributed by atoms with E-state index in [4.69, 9.17) is 0 Å². The number of amides is 1. The molecule has 0 N–H and O–H groups in total. The van der Waals surface area contributed by atoms with Crippen LogP contribution in [0.15, 0.2) is 43.2 Å². The van der Waals surface area contributed by atoms with E-state index in [2.05, 4.69) is 31.1 Å². The molecule has 160 valence electrons. The number of nitrogens with zero attached hydrogens (tertiary/aromatic N) is 9. The van der Waals surface area contributed by atoms with Gasteiger partial charge in [0, 0.05) is 87.2 Å². The first-order valence-corrected chi connectivity index (χ1v) is 10.3. The number of carbonyl (C=O) groups excluding carboxylic acids is 1. The molecule has 0 radical (unpaired) electrons. The number of rotatable bonds is 3. The van der Waals surface area contributed by atoms with E-state index >= 15 is 0 Å². The van der Waals surface area contributed by atoms with Gasteiger partial charge in [0.1, 0.15) is 6.07 Å². The summed E-state index contributed by atoms with van der Waals surface area (Å²) in [5.41, 5.74) is 4.70. The molecule has 0 unspecified atom stereocenters. The zero-order chi connectivity index (χ0) is 22.2. The molecule has 0 bridgehead atoms. The van der Waals surface area contributed by atoms with Gasteiger partial charge in [0.05, 0.1) is 23.5 Å². The van der Waals surface area contributed by atoms with E-state index in [-0.39, 0.29) is 5.91 Å². The molecule has 0 spiro atoms. The van der Waals surface area contributed by atoms with Crippen molar-refractivity contribution in [2.24, 2.45) is 7.05 Å². The van der Waals surface area contributed by atoms with E-state index in [0.717, 1.165) is 22.3 Å². The average molecular weight is 427 g/mol. The molecule has 1 saturated heterocycles. The van der Waals surface area contributed by atoms with E-state index in [9.17, 15) is 10.1 Å². The van der Waals surface area contributed by atoms with Gasteiger partial charge >= 0.3 is 0 Å². The molecule has 0 aliphatic carbocycles. The van der Waals surface area contributed by atoms with Gasteiger partial charge < -0.3 is 9.80 Å². The summed E-state index contributed by atoms with van der Waals surface area (Å²) in [6.45, 7) is 4.31. The maximum Gasteiger partial charge on any atom is 0.225 e. The van der Waals surface area contributed by atoms with Crippen LogP contribution in [0.5, 0.6) is 0 Å². The molecular weight excluding hydrogens is 406 g/mol. The topological polar surface area (TPSA) is 108 Å². The normalized spacial score (nSPS) is 14.0. The Kier molecular flexibility index (Phi) is 4.78. The second-order valence-corrected chi connectivity index (χ2v) is 7.77. The number of pyridine rings is 1. The third-order valence-corrected chi connectivity index (χ3v) is 5.73. The second kappa shape index (κ2) is 7.77. The van der Waals surface area contributed by atoms with E-state index < -0.39 is 0 Å². The van der Waals surface area contributed by atoms with Crippen molar-refractivity contribution in [2.75, 3.05) is 31.1 Å². The summed E-state index contributed by atoms with van der Waals surface area (Å²) >= 11 is 0. The van der Waals surface area contributed by atoms with Crippen molar-refractivity contribution < 1.29 is 4.79 Å². The van der Waals surface area contributed by atoms with Crippen molar-refractivity contribution in [3.63, 3.8) is 0 Å². The highest BCUT2D eigenvalue weighted by Gasteiger charge is 2.21. The highest BCUT2D eigenvalue weighted by atomic mass is 16.2. The van der Waals surface area contributed by atoms with Crippen molar-refractivity contribution in [1.82, 2.24) is 34.3 Å². The molecule has 0 atom stereocenters. The van der Waals surface area contributed by atoms with Gasteiger partial charge in [-0.2, -0.15) is 15.5 Å². The van der Waals surface area contributed by atoms with Crippen LogP contribution in [0, 0.1) is 11.3 Å². The van der Waals surface area contributed by atoms with E-state index in [1.807, 2.05) is 30.4 Å². The SMILES string of the molecule is CC(=O)N1CCN(c2ncc(-c3cc(-c4cnn(C)c4)cn4ncc(C#N)c34)cn2)CC1. The minimum Gasteiger partial charge on any atom is -0.339 e. The van der Waals surface area contributed by atoms with Gasteiger partial charge in [0.2, 0.25) is 11.9 Å². The van der Waals surface area contributed by atoms with Crippen LogP contribution in [-0.4, -0.2) is 66.3 Å². The first-order chi connectivity index (χ1) is 15.5. The highest BCUT2D eigenvalue weighted by molar-refractivity contribution is 5.87. The maximum atomic E-state index is 11.6. The summed E-state index contributed by atoms with van der Waals surface area (Å²) in [4.78, 5) is 24.6. The molecule has 10 nitrogen and oxygen atoms in total. The number of fused-ring (bicyclic) bond motifs is 1. The van der Waals surface area contributed by atoms with Crippen LogP contribution in [0.25, 0.3) is 27.8 Å². The fourth-order valence-corrected chi connectivity index (χ4v) is 4.00. The van der Waals surface area contributed by atoms with Gasteiger partial charge in [0.25, 0.3) is 0 Å². The molecule has 5 heterocycles. The molecular formula is C22H21N9O. The Morgan fingerprint density at radius 1 is 0.969 bits per heavy atom. The van der Waals surface area contributed by atoms with Crippen LogP contribution in [0.4, 0.5) is 5.95 Å². The number of hydrogen-bond donors (Lipinski definition) is 0. The molecule has 0 saturated carbocycles. The number of aryl methyl sites for hydroxylation is 1. The van der Waals surface area contributed by atoms with E-state index in [1.165, 1.54) is 0 Å². The fourth-order valence-electron chi connectivity index (χ4n) is 4.00. The Labute approximate surface area is 184 Å². The van der Waals surface area contributed by atoms with Crippen molar-refractivity contribution in [1.29, 1.82) is 5.26 Å². The van der Waals surface area contributed by atoms with E-state index in [1.54, 1.807) is 40.9 Å². The number of nitriles is 1. The predicted molar refractivity (Wildman–Crippen MR) is 118 cm³/mol. The zero-order valence-electron chi connectivity index (χ0n) is 17.8. The number of piperazine rings is 1. The van der Waals surface area contributed by atoms with Crippen molar-refractivity contribution >= 4 is 17.4 Å². The summed E-state index contributed by atoms with van der Waals surface area (Å²) < 4.78 is 3.46. The van der Waals surface area contributed by atoms with Crippen LogP contribution < -0.4 is 4.90 Å². The van der Waals surface area contributed by atoms with Crippen molar-refractivity contribution in [3.8, 4) is 28.3 Å². The van der Waals surface area contributed by atoms with Gasteiger partial charge in [-0.05, 0) is 6.07 Å². The lowest BCUT2D eigenvalue weighted by molar-refractivity contribution is -0.129. The maximum absolute atomic E-state index is 11.6. The monoisotopic (exact) mass is 427 g/mol. The third-order valence-electron chi connectivity index (χ3n) is 5.73. The molecule has 5 rings (SSSR count). The lowest BCUT2D eigenvalue weighted by Gasteiger charge is -2.34. The summed E-state index contributed by atoms with van der Waals surface area (Å²) in [5, 5.41) is 18.2. The Morgan fingerprint density at radius 2 is 1.72 bits per heavy atom. The van der Waals surface area contributed by atoms with Crippen LogP contribution in [0.3, 0.4) is 0 Å². The molecule has 1 aliphatic heterocycles. The standard InChI is InChI=1S/C22H21N9O/c1-15(32)29-3-5-30(6-4-29)22-24-9-18(10-25-22)20-7-16(19-12-26-28(2)13-19)14-31-21(20)17(8-23)11-27-31/h7,9-14H,3-6H2,1-2H3. The Balaban J connectivity index is 1.52. The first kappa shape index (κ1) is 19.7. The van der Waals surface area contributed by atoms with Crippen molar-refractivity contribution in [3.05, 3.63) is 48.8 Å². The van der Waals surface area contributed by atoms with Gasteiger partial charge in [-0.3, -0.25) is 9.48 Å². The second-order valence-electron chi connectivity index (χ2n) is 7.77. The smallest absolute Gasteiger partial charge is 0.225 e. The average Bonchev–Trinajstić information content (AvgIpc) is 3.44. The fraction of sp³-hybridized carbons (Fsp3) is 0.273. The summed E-state index contributed by atoms with van der Waals surface area (Å²) in [7, 11) is 1.87. The number of carbonyl (C=O) groups is 1. The van der Waals surface area contributed by atoms with Crippen LogP contribution >= 0.6 is 0 Å². The van der Waals surface area contributed by atoms with E-state index in [0.29, 0.717) is 43.2 Å². The zero-order valence-corrected chi connectivity index (χ0v) is 17.8. The largest absolute Gasteiger partial charge is 0.339 e. The third kappa shape index (κ3) is 3.43. The lowest BCUT2D eigenvalue weighted by atomic mass is 10.0. The molecule has 4 aromatic heterocycles. The van der Waals surface area contributed by atoms with Gasteiger partial charge in [-0.25, -0.2) is 14.5 Å². The Morgan fingerprint density at radius 3 is 2.34 bits per heavy atom. The van der Waals surface area contributed by atoms with Gasteiger partial charge in [0.15, 0.2) is 0 Å². The minimum atomic E-state index is 0.0903. The Bertz CT molecular complexity index is 1340. The predicted octanol–water partition coefficient (Wildman–Crippen LogP) is 1.73. The number of aromatic nitrogens is 6. The summed E-state index contributed by atoms with van der Waals surface area (Å²) in [5.74, 6) is 0.720. The van der Waals surface area contributed by atoms with Crippen LogP contribution in [0.2, 0.25) is 0 Å². The minimum absolute atomic E-state index is 0.0903.